The van der Waals surface area contributed by atoms with Crippen LogP contribution in [0, 0.1) is 11.3 Å². The van der Waals surface area contributed by atoms with Crippen LogP contribution in [-0.4, -0.2) is 98.0 Å². The van der Waals surface area contributed by atoms with Crippen LogP contribution in [0.1, 0.15) is 87.4 Å². The molecule has 18 heteroatoms. The zero-order valence-corrected chi connectivity index (χ0v) is 45.1. The molecule has 5 atom stereocenters. The molecule has 3 N–H and O–H groups in total. The zero-order chi connectivity index (χ0) is 54.4. The maximum atomic E-state index is 13.8. The van der Waals surface area contributed by atoms with Gasteiger partial charge in [-0.15, -0.1) is 0 Å². The largest absolute Gasteiger partial charge is 0.497 e. The third-order valence-electron chi connectivity index (χ3n) is 13.1. The van der Waals surface area contributed by atoms with Gasteiger partial charge >= 0.3 is 5.69 Å². The zero-order valence-electron chi connectivity index (χ0n) is 44.2. The van der Waals surface area contributed by atoms with Crippen molar-refractivity contribution in [2.24, 2.45) is 0 Å². The lowest BCUT2D eigenvalue weighted by molar-refractivity contribution is -0.122. The Morgan fingerprint density at radius 2 is 1.41 bits per heavy atom. The Bertz CT molecular complexity index is 3030. The van der Waals surface area contributed by atoms with Crippen LogP contribution < -0.4 is 36.1 Å². The standard InChI is InChI=1S/C58H67N6O11P/c1-38(2)64(39(3)4)76(73-32-12-29-59)75-51-35-54(74-52(51)37-72-58(45-13-10-9-11-14-45,46-19-24-48(69-6)25-20-46)47-21-26-49(70-7)27-22-47)63-36-44(56(67)62-57(63)68)18-28-53(65)60-30-31-61-55(66)40(5)41-15-16-43-34-50(71-8)23-17-42(43)33-41/h9-11,13-28,33-34,36,38-40,51-52,54H,12,30-32,35,37H2,1-8H3,(H,60,65)(H,61,66)(H,62,67,68)/t40-,51+,52+,54+,76?/m0/s1. The fourth-order valence-electron chi connectivity index (χ4n) is 9.20. The molecule has 7 rings (SSSR count). The molecule has 1 aromatic heterocycles. The number of aromatic amines is 1. The fraction of sp³-hybridized carbons (Fsp3) is 0.362. The maximum Gasteiger partial charge on any atom is 0.330 e. The van der Waals surface area contributed by atoms with Crippen LogP contribution in [0.25, 0.3) is 16.8 Å². The number of nitrogens with one attached hydrogen (secondary N) is 3. The summed E-state index contributed by atoms with van der Waals surface area (Å²) in [5.74, 6) is 0.903. The van der Waals surface area contributed by atoms with E-state index < -0.39 is 55.6 Å². The number of rotatable bonds is 25. The first-order chi connectivity index (χ1) is 36.7. The van der Waals surface area contributed by atoms with Crippen molar-refractivity contribution in [1.29, 1.82) is 5.26 Å². The normalized spacial score (nSPS) is 16.5. The van der Waals surface area contributed by atoms with Gasteiger partial charge in [-0.05, 0) is 110 Å². The number of fused-ring (bicyclic) bond motifs is 1. The molecular formula is C58H67N6O11P. The molecule has 1 unspecified atom stereocenters. The Morgan fingerprint density at radius 3 is 2.03 bits per heavy atom. The second-order valence-corrected chi connectivity index (χ2v) is 20.1. The molecular weight excluding hydrogens is 988 g/mol. The number of methoxy groups -OCH3 is 3. The lowest BCUT2D eigenvalue weighted by Crippen LogP contribution is -2.39. The highest BCUT2D eigenvalue weighted by Gasteiger charge is 2.45. The number of carbonyl (C=O) groups excluding carboxylic acids is 2. The lowest BCUT2D eigenvalue weighted by atomic mass is 9.80. The van der Waals surface area contributed by atoms with Crippen molar-refractivity contribution in [3.8, 4) is 23.3 Å². The summed E-state index contributed by atoms with van der Waals surface area (Å²) in [5.41, 5.74) is 0.587. The van der Waals surface area contributed by atoms with Gasteiger partial charge in [-0.2, -0.15) is 5.26 Å². The summed E-state index contributed by atoms with van der Waals surface area (Å²) in [6.45, 7) is 10.3. The predicted octanol–water partition coefficient (Wildman–Crippen LogP) is 8.72. The molecule has 0 radical (unpaired) electrons. The highest BCUT2D eigenvalue weighted by atomic mass is 31.2. The van der Waals surface area contributed by atoms with E-state index >= 15 is 0 Å². The van der Waals surface area contributed by atoms with E-state index in [0.29, 0.717) is 11.5 Å². The molecule has 1 aliphatic rings. The third kappa shape index (κ3) is 13.6. The van der Waals surface area contributed by atoms with E-state index in [1.807, 2.05) is 150 Å². The van der Waals surface area contributed by atoms with Crippen LogP contribution in [0.15, 0.2) is 137 Å². The van der Waals surface area contributed by atoms with E-state index in [-0.39, 0.29) is 62.7 Å². The van der Waals surface area contributed by atoms with Crippen molar-refractivity contribution in [2.75, 3.05) is 47.6 Å². The molecule has 6 aromatic rings. The van der Waals surface area contributed by atoms with Gasteiger partial charge in [-0.3, -0.25) is 23.9 Å². The number of hydrogen-bond acceptors (Lipinski definition) is 13. The predicted molar refractivity (Wildman–Crippen MR) is 292 cm³/mol. The number of ether oxygens (including phenoxy) is 5. The summed E-state index contributed by atoms with van der Waals surface area (Å²) in [6, 6.07) is 38.8. The molecule has 1 fully saturated rings. The Morgan fingerprint density at radius 1 is 0.816 bits per heavy atom. The van der Waals surface area contributed by atoms with Crippen molar-refractivity contribution in [2.45, 2.75) is 89.5 Å². The van der Waals surface area contributed by atoms with Crippen molar-refractivity contribution in [3.05, 3.63) is 176 Å². The van der Waals surface area contributed by atoms with Crippen LogP contribution in [0.3, 0.4) is 0 Å². The molecule has 1 saturated heterocycles. The molecule has 5 aromatic carbocycles. The third-order valence-corrected chi connectivity index (χ3v) is 15.3. The van der Waals surface area contributed by atoms with Gasteiger partial charge in [0.25, 0.3) is 14.1 Å². The van der Waals surface area contributed by atoms with Crippen LogP contribution in [0.4, 0.5) is 0 Å². The summed E-state index contributed by atoms with van der Waals surface area (Å²) in [6.07, 6.45) is 1.55. The van der Waals surface area contributed by atoms with Gasteiger partial charge in [-0.1, -0.05) is 78.9 Å². The van der Waals surface area contributed by atoms with Gasteiger partial charge in [0.2, 0.25) is 11.8 Å². The second kappa shape index (κ2) is 26.6. The summed E-state index contributed by atoms with van der Waals surface area (Å²) in [5, 5.41) is 17.1. The van der Waals surface area contributed by atoms with Crippen molar-refractivity contribution in [3.63, 3.8) is 0 Å². The van der Waals surface area contributed by atoms with E-state index in [2.05, 4.69) is 26.4 Å². The Balaban J connectivity index is 1.13. The van der Waals surface area contributed by atoms with Crippen LogP contribution in [0.2, 0.25) is 0 Å². The molecule has 17 nitrogen and oxygen atoms in total. The van der Waals surface area contributed by atoms with Gasteiger partial charge in [0.15, 0.2) is 0 Å². The molecule has 2 amide bonds. The van der Waals surface area contributed by atoms with Gasteiger partial charge < -0.3 is 43.4 Å². The molecule has 2 heterocycles. The minimum Gasteiger partial charge on any atom is -0.497 e. The number of carbonyl (C=O) groups is 2. The lowest BCUT2D eigenvalue weighted by Gasteiger charge is -2.39. The monoisotopic (exact) mass is 1050 g/mol. The minimum atomic E-state index is -1.79. The number of benzene rings is 5. The number of nitrogens with zero attached hydrogens (tertiary/aromatic N) is 3. The molecule has 0 saturated carbocycles. The maximum absolute atomic E-state index is 13.8. The van der Waals surface area contributed by atoms with Gasteiger partial charge in [0.1, 0.15) is 35.2 Å². The molecule has 0 spiro atoms. The van der Waals surface area contributed by atoms with Crippen molar-refractivity contribution >= 4 is 37.2 Å². The first-order valence-electron chi connectivity index (χ1n) is 25.2. The number of hydrogen-bond donors (Lipinski definition) is 3. The fourth-order valence-corrected chi connectivity index (χ4v) is 11.0. The average Bonchev–Trinajstić information content (AvgIpc) is 3.84. The molecule has 76 heavy (non-hydrogen) atoms. The summed E-state index contributed by atoms with van der Waals surface area (Å²) in [7, 11) is 3.03. The van der Waals surface area contributed by atoms with E-state index in [4.69, 9.17) is 32.7 Å². The Labute approximate surface area is 444 Å². The SMILES string of the molecule is COc1ccc(C(OC[C@H]2O[C@@H](n3cc(C=CC(=O)NCCNC(=O)[C@@H](C)c4ccc5cc(OC)ccc5c4)c(=O)[nH]c3=O)C[C@H]2OP(OCCC#N)N(C(C)C)C(C)C)(c2ccccc2)c2ccc(OC)cc2)cc1. The number of aromatic nitrogens is 2. The minimum absolute atomic E-state index is 0.0140. The average molecular weight is 1060 g/mol. The topological polar surface area (TPSA) is 205 Å². The molecule has 0 bridgehead atoms. The Hall–Kier alpha value is -7.16. The quantitative estimate of drug-likeness (QED) is 0.0213. The Kier molecular flexibility index (Phi) is 19.8. The van der Waals surface area contributed by atoms with E-state index in [1.165, 1.54) is 22.9 Å². The van der Waals surface area contributed by atoms with E-state index in [1.54, 1.807) is 21.3 Å². The van der Waals surface area contributed by atoms with Gasteiger partial charge in [0, 0.05) is 43.9 Å². The second-order valence-electron chi connectivity index (χ2n) is 18.7. The first-order valence-corrected chi connectivity index (χ1v) is 26.4. The molecule has 400 valence electrons. The van der Waals surface area contributed by atoms with Crippen molar-refractivity contribution in [1.82, 2.24) is 24.9 Å². The summed E-state index contributed by atoms with van der Waals surface area (Å²) in [4.78, 5) is 55.6. The summed E-state index contributed by atoms with van der Waals surface area (Å²) >= 11 is 0. The van der Waals surface area contributed by atoms with Crippen LogP contribution in [-0.2, 0) is 33.7 Å². The number of nitriles is 1. The van der Waals surface area contributed by atoms with Crippen LogP contribution in [0.5, 0.6) is 17.2 Å². The first kappa shape index (κ1) is 56.6. The highest BCUT2D eigenvalue weighted by Crippen LogP contribution is 2.51. The molecule has 0 aliphatic carbocycles. The van der Waals surface area contributed by atoms with Gasteiger partial charge in [-0.25, -0.2) is 9.46 Å². The van der Waals surface area contributed by atoms with E-state index in [0.717, 1.165) is 38.8 Å². The highest BCUT2D eigenvalue weighted by molar-refractivity contribution is 7.44. The number of H-pyrrole nitrogens is 1. The molecule has 1 aliphatic heterocycles. The van der Waals surface area contributed by atoms with Crippen molar-refractivity contribution < 1.29 is 42.3 Å². The van der Waals surface area contributed by atoms with Gasteiger partial charge in [0.05, 0.1) is 64.6 Å². The smallest absolute Gasteiger partial charge is 0.330 e. The van der Waals surface area contributed by atoms with Crippen LogP contribution >= 0.6 is 8.53 Å². The summed E-state index contributed by atoms with van der Waals surface area (Å²) < 4.78 is 47.3. The van der Waals surface area contributed by atoms with E-state index in [9.17, 15) is 24.4 Å². The number of amides is 2.